The molecule has 0 aromatic heterocycles. The first-order chi connectivity index (χ1) is 9.75. The summed E-state index contributed by atoms with van der Waals surface area (Å²) >= 11 is 0. The summed E-state index contributed by atoms with van der Waals surface area (Å²) < 4.78 is 5.26. The van der Waals surface area contributed by atoms with Crippen LogP contribution in [0.25, 0.3) is 0 Å². The summed E-state index contributed by atoms with van der Waals surface area (Å²) in [5.41, 5.74) is 0.395. The molecule has 1 atom stereocenters. The molecule has 0 bridgehead atoms. The van der Waals surface area contributed by atoms with Crippen molar-refractivity contribution >= 4 is 0 Å². The molecule has 0 radical (unpaired) electrons. The van der Waals surface area contributed by atoms with Crippen LogP contribution in [0.3, 0.4) is 0 Å². The van der Waals surface area contributed by atoms with E-state index in [0.29, 0.717) is 11.6 Å². The lowest BCUT2D eigenvalue weighted by molar-refractivity contribution is 0.0554. The van der Waals surface area contributed by atoms with Crippen LogP contribution in [-0.2, 0) is 4.74 Å². The summed E-state index contributed by atoms with van der Waals surface area (Å²) in [6.45, 7) is 11.3. The minimum absolute atomic E-state index is 0.395. The van der Waals surface area contributed by atoms with Crippen LogP contribution in [0.4, 0.5) is 0 Å². The Hall–Kier alpha value is -0.120. The molecule has 1 rings (SSSR count). The van der Waals surface area contributed by atoms with Crippen molar-refractivity contribution in [2.75, 3.05) is 33.4 Å². The maximum absolute atomic E-state index is 5.26. The highest BCUT2D eigenvalue weighted by Gasteiger charge is 2.44. The van der Waals surface area contributed by atoms with Crippen molar-refractivity contribution < 1.29 is 4.74 Å². The van der Waals surface area contributed by atoms with Gasteiger partial charge in [-0.15, -0.1) is 0 Å². The van der Waals surface area contributed by atoms with Crippen molar-refractivity contribution in [1.82, 2.24) is 10.2 Å². The van der Waals surface area contributed by atoms with E-state index in [4.69, 9.17) is 4.74 Å². The van der Waals surface area contributed by atoms with E-state index in [0.717, 1.165) is 13.2 Å². The van der Waals surface area contributed by atoms with Crippen molar-refractivity contribution in [1.29, 1.82) is 0 Å². The highest BCUT2D eigenvalue weighted by molar-refractivity contribution is 5.03. The molecule has 0 aromatic rings. The van der Waals surface area contributed by atoms with Crippen LogP contribution >= 0.6 is 0 Å². The second-order valence-corrected chi connectivity index (χ2v) is 6.12. The van der Waals surface area contributed by atoms with E-state index in [-0.39, 0.29) is 0 Å². The molecular formula is C17H36N2O. The molecule has 0 aliphatic heterocycles. The average Bonchev–Trinajstić information content (AvgIpc) is 2.94. The van der Waals surface area contributed by atoms with E-state index in [1.54, 1.807) is 0 Å². The largest absolute Gasteiger partial charge is 0.385 e. The van der Waals surface area contributed by atoms with Gasteiger partial charge in [-0.1, -0.05) is 33.6 Å². The molecule has 0 saturated heterocycles. The molecule has 1 N–H and O–H groups in total. The fourth-order valence-electron chi connectivity index (χ4n) is 4.04. The highest BCUT2D eigenvalue weighted by atomic mass is 16.5. The first-order valence-electron chi connectivity index (χ1n) is 8.72. The van der Waals surface area contributed by atoms with Crippen LogP contribution in [0, 0.1) is 0 Å². The minimum Gasteiger partial charge on any atom is -0.385 e. The van der Waals surface area contributed by atoms with Gasteiger partial charge in [0.05, 0.1) is 0 Å². The van der Waals surface area contributed by atoms with Crippen LogP contribution in [0.1, 0.15) is 65.7 Å². The highest BCUT2D eigenvalue weighted by Crippen LogP contribution is 2.39. The fourth-order valence-corrected chi connectivity index (χ4v) is 4.04. The molecule has 20 heavy (non-hydrogen) atoms. The van der Waals surface area contributed by atoms with E-state index in [1.165, 1.54) is 58.0 Å². The number of rotatable bonds is 11. The zero-order valence-electron chi connectivity index (χ0n) is 14.2. The first-order valence-corrected chi connectivity index (χ1v) is 8.72. The van der Waals surface area contributed by atoms with Gasteiger partial charge in [0.1, 0.15) is 0 Å². The van der Waals surface area contributed by atoms with Crippen molar-refractivity contribution in [3.63, 3.8) is 0 Å². The summed E-state index contributed by atoms with van der Waals surface area (Å²) in [5, 5.41) is 3.86. The molecule has 1 aliphatic rings. The molecule has 120 valence electrons. The van der Waals surface area contributed by atoms with E-state index < -0.39 is 0 Å². The van der Waals surface area contributed by atoms with Crippen molar-refractivity contribution in [3.8, 4) is 0 Å². The molecule has 0 amide bonds. The second kappa shape index (κ2) is 9.75. The molecule has 0 heterocycles. The Morgan fingerprint density at radius 2 is 1.80 bits per heavy atom. The number of ether oxygens (including phenoxy) is 1. The summed E-state index contributed by atoms with van der Waals surface area (Å²) in [7, 11) is 1.81. The van der Waals surface area contributed by atoms with E-state index in [9.17, 15) is 0 Å². The molecule has 3 heteroatoms. The van der Waals surface area contributed by atoms with Gasteiger partial charge in [0, 0.05) is 25.3 Å². The topological polar surface area (TPSA) is 24.5 Å². The number of hydrogen-bond donors (Lipinski definition) is 1. The Morgan fingerprint density at radius 3 is 2.30 bits per heavy atom. The van der Waals surface area contributed by atoms with E-state index >= 15 is 0 Å². The Bertz CT molecular complexity index is 235. The number of hydrogen-bond acceptors (Lipinski definition) is 3. The molecular weight excluding hydrogens is 248 g/mol. The molecule has 1 unspecified atom stereocenters. The zero-order chi connectivity index (χ0) is 14.8. The van der Waals surface area contributed by atoms with Crippen molar-refractivity contribution in [3.05, 3.63) is 0 Å². The molecule has 3 nitrogen and oxygen atoms in total. The van der Waals surface area contributed by atoms with Crippen LogP contribution < -0.4 is 5.32 Å². The predicted octanol–water partition coefficient (Wildman–Crippen LogP) is 3.44. The summed E-state index contributed by atoms with van der Waals surface area (Å²) in [6.07, 6.45) is 9.14. The van der Waals surface area contributed by atoms with Gasteiger partial charge in [0.2, 0.25) is 0 Å². The number of methoxy groups -OCH3 is 1. The van der Waals surface area contributed by atoms with Gasteiger partial charge in [-0.05, 0) is 51.7 Å². The Kier molecular flexibility index (Phi) is 8.74. The SMILES string of the molecule is CCCNC(CCCOC)C1(N(CC)CC)CCCC1. The Morgan fingerprint density at radius 1 is 1.15 bits per heavy atom. The van der Waals surface area contributed by atoms with Crippen LogP contribution in [0.15, 0.2) is 0 Å². The molecule has 1 saturated carbocycles. The maximum atomic E-state index is 5.26. The van der Waals surface area contributed by atoms with Gasteiger partial charge >= 0.3 is 0 Å². The van der Waals surface area contributed by atoms with Crippen molar-refractivity contribution in [2.45, 2.75) is 77.3 Å². The Balaban J connectivity index is 2.79. The third-order valence-corrected chi connectivity index (χ3v) is 4.99. The standard InChI is InChI=1S/C17H36N2O/c1-5-14-18-16(11-10-15-20-4)17(12-8-9-13-17)19(6-2)7-3/h16,18H,5-15H2,1-4H3. The molecule has 1 fully saturated rings. The zero-order valence-corrected chi connectivity index (χ0v) is 14.2. The number of nitrogens with zero attached hydrogens (tertiary/aromatic N) is 1. The normalized spacial score (nSPS) is 19.6. The molecule has 1 aliphatic carbocycles. The van der Waals surface area contributed by atoms with E-state index in [2.05, 4.69) is 31.0 Å². The lowest BCUT2D eigenvalue weighted by Crippen LogP contribution is -2.60. The third-order valence-electron chi connectivity index (χ3n) is 4.99. The maximum Gasteiger partial charge on any atom is 0.0462 e. The third kappa shape index (κ3) is 4.44. The average molecular weight is 284 g/mol. The summed E-state index contributed by atoms with van der Waals surface area (Å²) in [6, 6.07) is 0.625. The Labute approximate surface area is 126 Å². The lowest BCUT2D eigenvalue weighted by Gasteiger charge is -2.47. The van der Waals surface area contributed by atoms with Gasteiger partial charge in [-0.2, -0.15) is 0 Å². The smallest absolute Gasteiger partial charge is 0.0462 e. The quantitative estimate of drug-likeness (QED) is 0.588. The van der Waals surface area contributed by atoms with Crippen LogP contribution in [0.2, 0.25) is 0 Å². The molecule has 0 aromatic carbocycles. The number of likely N-dealkylation sites (N-methyl/N-ethyl adjacent to an activating group) is 1. The van der Waals surface area contributed by atoms with E-state index in [1.807, 2.05) is 7.11 Å². The second-order valence-electron chi connectivity index (χ2n) is 6.12. The monoisotopic (exact) mass is 284 g/mol. The fraction of sp³-hybridized carbons (Fsp3) is 1.00. The lowest BCUT2D eigenvalue weighted by atomic mass is 9.83. The number of nitrogens with one attached hydrogen (secondary N) is 1. The first kappa shape index (κ1) is 17.9. The molecule has 0 spiro atoms. The van der Waals surface area contributed by atoms with Gasteiger partial charge in [0.15, 0.2) is 0 Å². The predicted molar refractivity (Wildman–Crippen MR) is 87.3 cm³/mol. The van der Waals surface area contributed by atoms with Gasteiger partial charge in [-0.25, -0.2) is 0 Å². The summed E-state index contributed by atoms with van der Waals surface area (Å²) in [5.74, 6) is 0. The van der Waals surface area contributed by atoms with Gasteiger partial charge in [-0.3, -0.25) is 4.90 Å². The van der Waals surface area contributed by atoms with Gasteiger partial charge < -0.3 is 10.1 Å². The van der Waals surface area contributed by atoms with Crippen molar-refractivity contribution in [2.24, 2.45) is 0 Å². The summed E-state index contributed by atoms with van der Waals surface area (Å²) in [4.78, 5) is 2.72. The van der Waals surface area contributed by atoms with Crippen LogP contribution in [0.5, 0.6) is 0 Å². The van der Waals surface area contributed by atoms with Gasteiger partial charge in [0.25, 0.3) is 0 Å². The minimum atomic E-state index is 0.395. The van der Waals surface area contributed by atoms with Crippen LogP contribution in [-0.4, -0.2) is 49.8 Å².